The number of aryl methyl sites for hydroxylation is 1. The molecule has 0 radical (unpaired) electrons. The number of amides is 1. The fourth-order valence-electron chi connectivity index (χ4n) is 2.02. The number of methoxy groups -OCH3 is 1. The summed E-state index contributed by atoms with van der Waals surface area (Å²) in [5.74, 6) is 0.447. The molecule has 6 nitrogen and oxygen atoms in total. The summed E-state index contributed by atoms with van der Waals surface area (Å²) in [6.45, 7) is 8.87. The van der Waals surface area contributed by atoms with Crippen LogP contribution in [0.15, 0.2) is 6.07 Å². The van der Waals surface area contributed by atoms with E-state index in [1.165, 1.54) is 0 Å². The average molecular weight is 294 g/mol. The Hall–Kier alpha value is -1.69. The second-order valence-corrected chi connectivity index (χ2v) is 4.93. The van der Waals surface area contributed by atoms with E-state index in [2.05, 4.69) is 34.0 Å². The lowest BCUT2D eigenvalue weighted by molar-refractivity contribution is 0.0932. The molecule has 0 unspecified atom stereocenters. The van der Waals surface area contributed by atoms with E-state index in [-0.39, 0.29) is 5.91 Å². The molecule has 0 fully saturated rings. The number of hydrogen-bond acceptors (Lipinski definition) is 5. The minimum absolute atomic E-state index is 0.188. The molecule has 1 N–H and O–H groups in total. The summed E-state index contributed by atoms with van der Waals surface area (Å²) in [5, 5.41) is 2.78. The number of carbonyl (C=O) groups excluding carboxylic acids is 1. The zero-order valence-electron chi connectivity index (χ0n) is 13.5. The molecule has 0 aromatic carbocycles. The smallest absolute Gasteiger partial charge is 0.270 e. The average Bonchev–Trinajstić information content (AvgIpc) is 2.46. The van der Waals surface area contributed by atoms with Crippen LogP contribution in [-0.4, -0.2) is 49.2 Å². The summed E-state index contributed by atoms with van der Waals surface area (Å²) in [5.41, 5.74) is 1.21. The second-order valence-electron chi connectivity index (χ2n) is 4.93. The highest BCUT2D eigenvalue weighted by atomic mass is 16.5. The topological polar surface area (TPSA) is 67.4 Å². The summed E-state index contributed by atoms with van der Waals surface area (Å²) in [4.78, 5) is 23.1. The minimum Gasteiger partial charge on any atom is -0.383 e. The Balaban J connectivity index is 2.89. The lowest BCUT2D eigenvalue weighted by atomic mass is 10.3. The number of anilines is 1. The molecule has 1 amide bonds. The first kappa shape index (κ1) is 17.4. The van der Waals surface area contributed by atoms with Gasteiger partial charge in [-0.05, 0) is 25.8 Å². The molecule has 0 saturated carbocycles. The van der Waals surface area contributed by atoms with Crippen LogP contribution in [-0.2, 0) is 4.74 Å². The number of rotatable bonds is 9. The third kappa shape index (κ3) is 5.67. The summed E-state index contributed by atoms with van der Waals surface area (Å²) in [6, 6.07) is 1.71. The van der Waals surface area contributed by atoms with Gasteiger partial charge in [0.15, 0.2) is 0 Å². The monoisotopic (exact) mass is 294 g/mol. The Morgan fingerprint density at radius 2 is 1.95 bits per heavy atom. The highest BCUT2D eigenvalue weighted by molar-refractivity contribution is 5.92. The molecule has 6 heteroatoms. The van der Waals surface area contributed by atoms with Crippen LogP contribution in [0.1, 0.15) is 42.9 Å². The third-order valence-corrected chi connectivity index (χ3v) is 2.94. The molecule has 0 aliphatic rings. The molecule has 0 spiro atoms. The van der Waals surface area contributed by atoms with E-state index in [9.17, 15) is 4.79 Å². The molecule has 0 atom stereocenters. The van der Waals surface area contributed by atoms with Crippen molar-refractivity contribution in [2.24, 2.45) is 0 Å². The van der Waals surface area contributed by atoms with Gasteiger partial charge in [0.2, 0.25) is 5.95 Å². The van der Waals surface area contributed by atoms with Gasteiger partial charge in [0.1, 0.15) is 5.69 Å². The van der Waals surface area contributed by atoms with Crippen molar-refractivity contribution >= 4 is 11.9 Å². The maximum absolute atomic E-state index is 12.1. The Morgan fingerprint density at radius 3 is 2.52 bits per heavy atom. The predicted octanol–water partition coefficient (Wildman–Crippen LogP) is 1.79. The van der Waals surface area contributed by atoms with Crippen LogP contribution in [0.5, 0.6) is 0 Å². The van der Waals surface area contributed by atoms with E-state index >= 15 is 0 Å². The molecule has 0 aliphatic carbocycles. The van der Waals surface area contributed by atoms with E-state index < -0.39 is 0 Å². The van der Waals surface area contributed by atoms with Crippen LogP contribution in [0.2, 0.25) is 0 Å². The molecule has 1 heterocycles. The Morgan fingerprint density at radius 1 is 1.29 bits per heavy atom. The third-order valence-electron chi connectivity index (χ3n) is 2.94. The molecule has 21 heavy (non-hydrogen) atoms. The molecule has 0 saturated heterocycles. The molecule has 0 aliphatic heterocycles. The molecule has 118 valence electrons. The van der Waals surface area contributed by atoms with Gasteiger partial charge < -0.3 is 15.0 Å². The van der Waals surface area contributed by atoms with E-state index in [1.807, 2.05) is 6.92 Å². The van der Waals surface area contributed by atoms with Crippen molar-refractivity contribution in [2.75, 3.05) is 38.3 Å². The Labute approximate surface area is 126 Å². The fourth-order valence-corrected chi connectivity index (χ4v) is 2.02. The van der Waals surface area contributed by atoms with Gasteiger partial charge in [-0.3, -0.25) is 4.79 Å². The van der Waals surface area contributed by atoms with Crippen molar-refractivity contribution in [1.82, 2.24) is 15.3 Å². The summed E-state index contributed by atoms with van der Waals surface area (Å²) in [6.07, 6.45) is 2.04. The normalized spacial score (nSPS) is 10.5. The summed E-state index contributed by atoms with van der Waals surface area (Å²) in [7, 11) is 1.60. The summed E-state index contributed by atoms with van der Waals surface area (Å²) >= 11 is 0. The first-order chi connectivity index (χ1) is 10.1. The molecule has 1 rings (SSSR count). The van der Waals surface area contributed by atoms with Crippen molar-refractivity contribution < 1.29 is 9.53 Å². The van der Waals surface area contributed by atoms with Crippen molar-refractivity contribution in [3.8, 4) is 0 Å². The van der Waals surface area contributed by atoms with Gasteiger partial charge in [-0.25, -0.2) is 9.97 Å². The first-order valence-corrected chi connectivity index (χ1v) is 7.50. The van der Waals surface area contributed by atoms with Gasteiger partial charge in [0.05, 0.1) is 6.61 Å². The van der Waals surface area contributed by atoms with Crippen molar-refractivity contribution in [3.05, 3.63) is 17.5 Å². The van der Waals surface area contributed by atoms with Gasteiger partial charge >= 0.3 is 0 Å². The second kappa shape index (κ2) is 9.28. The molecule has 1 aromatic heterocycles. The van der Waals surface area contributed by atoms with Gasteiger partial charge in [-0.1, -0.05) is 13.8 Å². The molecular weight excluding hydrogens is 268 g/mol. The summed E-state index contributed by atoms with van der Waals surface area (Å²) < 4.78 is 4.92. The lowest BCUT2D eigenvalue weighted by Crippen LogP contribution is -2.31. The van der Waals surface area contributed by atoms with Crippen molar-refractivity contribution in [1.29, 1.82) is 0 Å². The van der Waals surface area contributed by atoms with Crippen LogP contribution in [0.25, 0.3) is 0 Å². The van der Waals surface area contributed by atoms with Crippen LogP contribution in [0.3, 0.4) is 0 Å². The van der Waals surface area contributed by atoms with E-state index in [0.29, 0.717) is 24.8 Å². The van der Waals surface area contributed by atoms with Gasteiger partial charge in [0, 0.05) is 32.4 Å². The van der Waals surface area contributed by atoms with E-state index in [1.54, 1.807) is 13.2 Å². The van der Waals surface area contributed by atoms with Gasteiger partial charge in [0.25, 0.3) is 5.91 Å². The minimum atomic E-state index is -0.188. The SMILES string of the molecule is CCCN(CCC)c1nc(C)cc(C(=O)NCCOC)n1. The van der Waals surface area contributed by atoms with Crippen LogP contribution < -0.4 is 10.2 Å². The Kier molecular flexibility index (Phi) is 7.68. The van der Waals surface area contributed by atoms with E-state index in [4.69, 9.17) is 4.74 Å². The zero-order chi connectivity index (χ0) is 15.7. The van der Waals surface area contributed by atoms with Gasteiger partial charge in [-0.15, -0.1) is 0 Å². The van der Waals surface area contributed by atoms with Crippen LogP contribution in [0, 0.1) is 6.92 Å². The number of aromatic nitrogens is 2. The molecular formula is C15H26N4O2. The molecule has 1 aromatic rings. The van der Waals surface area contributed by atoms with Crippen molar-refractivity contribution in [3.63, 3.8) is 0 Å². The number of carbonyl (C=O) groups is 1. The lowest BCUT2D eigenvalue weighted by Gasteiger charge is -2.22. The zero-order valence-corrected chi connectivity index (χ0v) is 13.5. The maximum Gasteiger partial charge on any atom is 0.270 e. The van der Waals surface area contributed by atoms with Crippen LogP contribution >= 0.6 is 0 Å². The van der Waals surface area contributed by atoms with Gasteiger partial charge in [-0.2, -0.15) is 0 Å². The predicted molar refractivity (Wildman–Crippen MR) is 83.8 cm³/mol. The fraction of sp³-hybridized carbons (Fsp3) is 0.667. The number of ether oxygens (including phenoxy) is 1. The number of nitrogens with one attached hydrogen (secondary N) is 1. The standard InChI is InChI=1S/C15H26N4O2/c1-5-8-19(9-6-2)15-17-12(3)11-13(18-15)14(20)16-7-10-21-4/h11H,5-10H2,1-4H3,(H,16,20). The highest BCUT2D eigenvalue weighted by Gasteiger charge is 2.14. The van der Waals surface area contributed by atoms with E-state index in [0.717, 1.165) is 31.6 Å². The maximum atomic E-state index is 12.1. The number of hydrogen-bond donors (Lipinski definition) is 1. The largest absolute Gasteiger partial charge is 0.383 e. The molecule has 0 bridgehead atoms. The van der Waals surface area contributed by atoms with Crippen LogP contribution in [0.4, 0.5) is 5.95 Å². The van der Waals surface area contributed by atoms with Crippen molar-refractivity contribution in [2.45, 2.75) is 33.6 Å². The Bertz CT molecular complexity index is 445. The quantitative estimate of drug-likeness (QED) is 0.703. The first-order valence-electron chi connectivity index (χ1n) is 7.50. The number of nitrogens with zero attached hydrogens (tertiary/aromatic N) is 3. The highest BCUT2D eigenvalue weighted by Crippen LogP contribution is 2.11.